The summed E-state index contributed by atoms with van der Waals surface area (Å²) in [5.41, 5.74) is -1.44. The molecule has 10 bridgehead atoms. The Morgan fingerprint density at radius 3 is 1.19 bits per heavy atom. The van der Waals surface area contributed by atoms with E-state index in [4.69, 9.17) is 47.4 Å². The quantitative estimate of drug-likeness (QED) is 0.0386. The summed E-state index contributed by atoms with van der Waals surface area (Å²) in [7, 11) is 4.38. The molecule has 0 aromatic carbocycles. The standard InChI is InChI=1S/C26H44O5.C22H36O4.C21H34O4.C20H34O3.C18H30O2/c1-5-17-12-18(6-2)26-21-14-19(25(17)26)13-20(21)22(31-24-10-8-9-11-29-24)15-23(27)30-16(4)28-7-3;1-6-14-8-15(7-2)22-18-10-16(21(14)22)9-17(18)19(26-13(5)23)11-20(24)25-12(3)4;1-7-11-9-12(8-2)16-14-10-13(15(11)16)17(19(22)24-6)18(14)20(23)25-21(3,4)5;1-5-12-7-13(6-2)19-16-9-14(18(12)19)8-15(16)10-20(3,22)11-17(21)23-4;1-5-11-7-12(6-2)17-15-9-13(16(11)17)8-14(15)10(3)18(19)20-4/h16-22,24-26H,5-15H2,1-4H3;12,14-19,21-22H,6-11H2,1-5H3;11-18H,7-10H2,1-6H3;12-16,18-19,22H,5-11H2,1-4H3;10-17H,5-9H2,1-4H3. The lowest BCUT2D eigenvalue weighted by Crippen LogP contribution is -2.45. The zero-order valence-electron chi connectivity index (χ0n) is 82.5. The number of carbonyl (C=O) groups is 7. The van der Waals surface area contributed by atoms with Crippen molar-refractivity contribution in [3.8, 4) is 0 Å². The molecular weight excluding hydrogens is 1570 g/mol. The first-order valence-electron chi connectivity index (χ1n) is 52.3. The van der Waals surface area contributed by atoms with Crippen molar-refractivity contribution in [2.75, 3.05) is 34.5 Å². The molecule has 125 heavy (non-hydrogen) atoms. The van der Waals surface area contributed by atoms with Crippen LogP contribution in [0.1, 0.15) is 338 Å². The largest absolute Gasteiger partial charge is 0.469 e. The number of hydrogen-bond donors (Lipinski definition) is 1. The minimum atomic E-state index is -0.914. The third-order valence-electron chi connectivity index (χ3n) is 38.2. The first-order valence-corrected chi connectivity index (χ1v) is 52.3. The van der Waals surface area contributed by atoms with Crippen LogP contribution >= 0.6 is 0 Å². The third-order valence-corrected chi connectivity index (χ3v) is 38.2. The van der Waals surface area contributed by atoms with Crippen LogP contribution in [0.2, 0.25) is 0 Å². The van der Waals surface area contributed by atoms with Gasteiger partial charge in [0.1, 0.15) is 11.7 Å². The van der Waals surface area contributed by atoms with E-state index in [-0.39, 0.29) is 103 Å². The van der Waals surface area contributed by atoms with Gasteiger partial charge in [-0.3, -0.25) is 33.6 Å². The van der Waals surface area contributed by atoms with Crippen LogP contribution in [-0.2, 0) is 80.9 Å². The lowest BCUT2D eigenvalue weighted by atomic mass is 9.65. The van der Waals surface area contributed by atoms with Crippen molar-refractivity contribution in [3.63, 3.8) is 0 Å². The topological polar surface area (TPSA) is 232 Å². The average molecular weight is 1750 g/mol. The zero-order valence-corrected chi connectivity index (χ0v) is 82.5. The Morgan fingerprint density at radius 2 is 0.792 bits per heavy atom. The van der Waals surface area contributed by atoms with Gasteiger partial charge in [0.15, 0.2) is 12.6 Å². The van der Waals surface area contributed by atoms with Gasteiger partial charge in [0, 0.05) is 20.1 Å². The SMILES string of the molecule is CCC1CC(CC)C2C3CC(C(C(=O)OC)C3C(=O)OC(C)(C)C)C12.CCC1CC(CC)C2C3CC(CC3C(C)C(=O)OC)C12.CCC1CC(CC)C2C3CC(CC3C(CC(=O)OC(C)C)OC(C)=O)C12.CCC1CC(CC)C2C3CC(CC3CC(C)(O)CC(=O)OC)C12.CCOC(C)OC(=O)CC(OC1CCCCO1)C1CC2CC1C1C(CC)CC(CC)C21. The molecule has 18 nitrogen and oxygen atoms in total. The second-order valence-electron chi connectivity index (χ2n) is 45.5. The summed E-state index contributed by atoms with van der Waals surface area (Å²) in [6.45, 7) is 43.2. The second kappa shape index (κ2) is 43.4. The Kier molecular flexibility index (Phi) is 34.8. The Balaban J connectivity index is 0.000000143. The van der Waals surface area contributed by atoms with Gasteiger partial charge >= 0.3 is 41.8 Å². The smallest absolute Gasteiger partial charge is 0.310 e. The van der Waals surface area contributed by atoms with Gasteiger partial charge in [-0.1, -0.05) is 140 Å². The number of rotatable bonds is 31. The Hall–Kier alpha value is -3.87. The van der Waals surface area contributed by atoms with Crippen molar-refractivity contribution in [2.45, 2.75) is 380 Å². The molecule has 42 atom stereocenters. The summed E-state index contributed by atoms with van der Waals surface area (Å²) < 4.78 is 55.0. The molecule has 16 fully saturated rings. The minimum absolute atomic E-state index is 0.0113. The molecule has 0 amide bonds. The van der Waals surface area contributed by atoms with E-state index in [9.17, 15) is 38.7 Å². The molecule has 1 aliphatic heterocycles. The van der Waals surface area contributed by atoms with Gasteiger partial charge in [-0.25, -0.2) is 0 Å². The molecule has 15 aliphatic carbocycles. The number of carbonyl (C=O) groups excluding carboxylic acids is 7. The highest BCUT2D eigenvalue weighted by atomic mass is 16.7. The van der Waals surface area contributed by atoms with Gasteiger partial charge in [-0.15, -0.1) is 0 Å². The highest BCUT2D eigenvalue weighted by Crippen LogP contribution is 2.72. The van der Waals surface area contributed by atoms with Crippen molar-refractivity contribution in [1.82, 2.24) is 0 Å². The number of aliphatic hydroxyl groups is 1. The second-order valence-corrected chi connectivity index (χ2v) is 45.5. The molecule has 1 N–H and O–H groups in total. The molecule has 0 aromatic heterocycles. The molecule has 0 radical (unpaired) electrons. The highest BCUT2D eigenvalue weighted by Gasteiger charge is 2.69. The zero-order chi connectivity index (χ0) is 90.7. The predicted octanol–water partition coefficient (Wildman–Crippen LogP) is 22.4. The molecule has 16 rings (SSSR count). The fourth-order valence-corrected chi connectivity index (χ4v) is 34.4. The first-order chi connectivity index (χ1) is 59.6. The van der Waals surface area contributed by atoms with Crippen molar-refractivity contribution in [1.29, 1.82) is 0 Å². The normalized spacial score (nSPS) is 42.5. The molecule has 42 unspecified atom stereocenters. The lowest BCUT2D eigenvalue weighted by Gasteiger charge is -2.40. The average Bonchev–Trinajstić information content (AvgIpc) is 1.58. The van der Waals surface area contributed by atoms with Crippen LogP contribution in [0.25, 0.3) is 0 Å². The Labute approximate surface area is 756 Å². The third kappa shape index (κ3) is 21.4. The fraction of sp³-hybridized carbons (Fsp3) is 0.935. The predicted molar refractivity (Wildman–Crippen MR) is 486 cm³/mol. The van der Waals surface area contributed by atoms with Crippen molar-refractivity contribution in [3.05, 3.63) is 0 Å². The van der Waals surface area contributed by atoms with Gasteiger partial charge in [0.25, 0.3) is 0 Å². The van der Waals surface area contributed by atoms with E-state index in [0.29, 0.717) is 78.1 Å². The Morgan fingerprint density at radius 1 is 0.400 bits per heavy atom. The molecule has 18 heteroatoms. The van der Waals surface area contributed by atoms with Crippen molar-refractivity contribution >= 4 is 41.8 Å². The highest BCUT2D eigenvalue weighted by molar-refractivity contribution is 5.84. The van der Waals surface area contributed by atoms with Crippen molar-refractivity contribution in [2.24, 2.45) is 219 Å². The monoisotopic (exact) mass is 1750 g/mol. The fourth-order valence-electron chi connectivity index (χ4n) is 34.4. The summed E-state index contributed by atoms with van der Waals surface area (Å²) in [6.07, 6.45) is 34.4. The molecule has 0 aromatic rings. The van der Waals surface area contributed by atoms with Crippen LogP contribution in [0.5, 0.6) is 0 Å². The van der Waals surface area contributed by atoms with E-state index in [1.807, 2.05) is 48.5 Å². The number of ether oxygens (including phenoxy) is 10. The van der Waals surface area contributed by atoms with Crippen LogP contribution in [-0.4, -0.2) is 124 Å². The van der Waals surface area contributed by atoms with Crippen LogP contribution in [0.3, 0.4) is 0 Å². The number of esters is 7. The molecular formula is C107H178O18. The number of fused-ring (bicyclic) bond motifs is 25. The first kappa shape index (κ1) is 100. The van der Waals surface area contributed by atoms with Crippen molar-refractivity contribution < 1.29 is 86.0 Å². The van der Waals surface area contributed by atoms with Crippen LogP contribution in [0.15, 0.2) is 0 Å². The van der Waals surface area contributed by atoms with Gasteiger partial charge in [-0.05, 0) is 372 Å². The van der Waals surface area contributed by atoms with E-state index in [0.717, 1.165) is 175 Å². The van der Waals surface area contributed by atoms with Gasteiger partial charge in [-0.2, -0.15) is 0 Å². The van der Waals surface area contributed by atoms with Gasteiger partial charge in [0.2, 0.25) is 0 Å². The summed E-state index contributed by atoms with van der Waals surface area (Å²) in [6, 6.07) is 0. The van der Waals surface area contributed by atoms with E-state index >= 15 is 0 Å². The summed E-state index contributed by atoms with van der Waals surface area (Å²) in [5.74, 6) is 23.7. The molecule has 1 heterocycles. The maximum Gasteiger partial charge on any atom is 0.310 e. The van der Waals surface area contributed by atoms with E-state index in [2.05, 4.69) is 76.2 Å². The van der Waals surface area contributed by atoms with Crippen LogP contribution in [0.4, 0.5) is 0 Å². The molecule has 15 saturated carbocycles. The molecule has 1 saturated heterocycles. The van der Waals surface area contributed by atoms with Gasteiger partial charge < -0.3 is 52.5 Å². The lowest BCUT2D eigenvalue weighted by molar-refractivity contribution is -0.212. The summed E-state index contributed by atoms with van der Waals surface area (Å²) >= 11 is 0. The maximum atomic E-state index is 13.0. The molecule has 16 aliphatic rings. The van der Waals surface area contributed by atoms with E-state index in [1.54, 1.807) is 6.92 Å². The minimum Gasteiger partial charge on any atom is -0.469 e. The van der Waals surface area contributed by atoms with Crippen LogP contribution < -0.4 is 0 Å². The number of methoxy groups -OCH3 is 3. The maximum absolute atomic E-state index is 13.0. The van der Waals surface area contributed by atoms with E-state index in [1.165, 1.54) is 170 Å². The van der Waals surface area contributed by atoms with Crippen LogP contribution in [0, 0.1) is 219 Å². The molecule has 0 spiro atoms. The Bertz CT molecular complexity index is 3500. The summed E-state index contributed by atoms with van der Waals surface area (Å²) in [5, 5.41) is 10.7. The summed E-state index contributed by atoms with van der Waals surface area (Å²) in [4.78, 5) is 85.7. The van der Waals surface area contributed by atoms with E-state index < -0.39 is 17.5 Å². The molecule has 714 valence electrons. The van der Waals surface area contributed by atoms with Gasteiger partial charge in [0.05, 0.1) is 76.2 Å². The number of hydrogen-bond acceptors (Lipinski definition) is 18.